The van der Waals surface area contributed by atoms with E-state index < -0.39 is 5.97 Å². The van der Waals surface area contributed by atoms with E-state index in [-0.39, 0.29) is 5.92 Å². The zero-order valence-electron chi connectivity index (χ0n) is 15.0. The standard InChI is InChI=1S/C20H27NO3/c1-5-7-8-17-18(20(22)23)15(4)19(21(17)11-6-2)14(3)16-9-12-24-13-10-16/h5-6,8,11,14,16H,9-10,12-13H2,1-4H3,(H,22,23). The van der Waals surface area contributed by atoms with Crippen LogP contribution in [0, 0.1) is 12.8 Å². The van der Waals surface area contributed by atoms with Gasteiger partial charge in [-0.1, -0.05) is 13.0 Å². The summed E-state index contributed by atoms with van der Waals surface area (Å²) >= 11 is 0. The van der Waals surface area contributed by atoms with Gasteiger partial charge in [0.25, 0.3) is 0 Å². The van der Waals surface area contributed by atoms with E-state index in [1.165, 1.54) is 0 Å². The molecule has 2 rings (SSSR count). The van der Waals surface area contributed by atoms with Crippen molar-refractivity contribution in [2.75, 3.05) is 13.2 Å². The van der Waals surface area contributed by atoms with E-state index >= 15 is 0 Å². The van der Waals surface area contributed by atoms with E-state index in [0.29, 0.717) is 17.2 Å². The Labute approximate surface area is 144 Å². The van der Waals surface area contributed by atoms with E-state index in [1.807, 2.05) is 37.6 Å². The number of rotatable bonds is 5. The molecule has 1 atom stereocenters. The lowest BCUT2D eigenvalue weighted by atomic mass is 9.83. The van der Waals surface area contributed by atoms with Crippen molar-refractivity contribution < 1.29 is 14.6 Å². The molecule has 4 nitrogen and oxygen atoms in total. The molecule has 1 unspecified atom stereocenters. The number of hydrogen-bond donors (Lipinski definition) is 1. The molecule has 1 aliphatic heterocycles. The summed E-state index contributed by atoms with van der Waals surface area (Å²) in [5.74, 6) is -0.104. The van der Waals surface area contributed by atoms with Crippen molar-refractivity contribution in [3.63, 3.8) is 0 Å². The first-order chi connectivity index (χ1) is 11.5. The van der Waals surface area contributed by atoms with Crippen LogP contribution < -0.4 is 0 Å². The number of allylic oxidation sites excluding steroid dienone is 2. The fraction of sp³-hybridized carbons (Fsp3) is 0.500. The van der Waals surface area contributed by atoms with Crippen LogP contribution in [0.3, 0.4) is 0 Å². The van der Waals surface area contributed by atoms with Gasteiger partial charge in [0, 0.05) is 37.1 Å². The maximum absolute atomic E-state index is 11.9. The van der Waals surface area contributed by atoms with Gasteiger partial charge in [-0.15, -0.1) is 5.73 Å². The first kappa shape index (κ1) is 18.3. The van der Waals surface area contributed by atoms with Crippen LogP contribution in [0.4, 0.5) is 0 Å². The van der Waals surface area contributed by atoms with Crippen LogP contribution in [0.25, 0.3) is 12.3 Å². The lowest BCUT2D eigenvalue weighted by molar-refractivity contribution is 0.0590. The minimum atomic E-state index is -0.889. The van der Waals surface area contributed by atoms with Crippen molar-refractivity contribution in [3.05, 3.63) is 40.4 Å². The van der Waals surface area contributed by atoms with Crippen LogP contribution in [0.15, 0.2) is 17.9 Å². The van der Waals surface area contributed by atoms with Gasteiger partial charge >= 0.3 is 5.97 Å². The van der Waals surface area contributed by atoms with Crippen LogP contribution in [-0.2, 0) is 4.74 Å². The number of ether oxygens (including phenoxy) is 1. The molecule has 0 bridgehead atoms. The molecule has 0 aliphatic carbocycles. The van der Waals surface area contributed by atoms with Gasteiger partial charge in [0.05, 0.1) is 11.3 Å². The molecule has 4 heteroatoms. The minimum Gasteiger partial charge on any atom is -0.478 e. The highest BCUT2D eigenvalue weighted by Crippen LogP contribution is 2.37. The number of aromatic carboxylic acids is 1. The molecular formula is C20H27NO3. The maximum atomic E-state index is 11.9. The number of hydrogen-bond acceptors (Lipinski definition) is 2. The Morgan fingerprint density at radius 3 is 2.58 bits per heavy atom. The van der Waals surface area contributed by atoms with Crippen molar-refractivity contribution >= 4 is 18.2 Å². The highest BCUT2D eigenvalue weighted by atomic mass is 16.5. The molecule has 1 aliphatic rings. The zero-order valence-corrected chi connectivity index (χ0v) is 15.0. The second kappa shape index (κ2) is 8.18. The van der Waals surface area contributed by atoms with Gasteiger partial charge in [0.1, 0.15) is 0 Å². The van der Waals surface area contributed by atoms with Crippen LogP contribution in [-0.4, -0.2) is 28.9 Å². The summed E-state index contributed by atoms with van der Waals surface area (Å²) in [5, 5.41) is 9.73. The van der Waals surface area contributed by atoms with E-state index in [2.05, 4.69) is 12.7 Å². The van der Waals surface area contributed by atoms with Gasteiger partial charge in [-0.25, -0.2) is 4.79 Å². The summed E-state index contributed by atoms with van der Waals surface area (Å²) in [6, 6.07) is 0. The molecule has 130 valence electrons. The molecule has 0 saturated carbocycles. The monoisotopic (exact) mass is 329 g/mol. The van der Waals surface area contributed by atoms with Crippen LogP contribution in [0.2, 0.25) is 0 Å². The predicted octanol–water partition coefficient (Wildman–Crippen LogP) is 4.70. The maximum Gasteiger partial charge on any atom is 0.338 e. The van der Waals surface area contributed by atoms with E-state index in [4.69, 9.17) is 4.74 Å². The Hall–Kier alpha value is -2.03. The molecule has 0 spiro atoms. The largest absolute Gasteiger partial charge is 0.478 e. The summed E-state index contributed by atoms with van der Waals surface area (Å²) in [6.45, 7) is 9.51. The number of carbonyl (C=O) groups is 1. The zero-order chi connectivity index (χ0) is 17.7. The molecule has 1 fully saturated rings. The number of carboxylic acids is 1. The number of nitrogens with zero attached hydrogens (tertiary/aromatic N) is 1. The lowest BCUT2D eigenvalue weighted by Crippen LogP contribution is -2.22. The average Bonchev–Trinajstić information content (AvgIpc) is 2.85. The SMILES string of the molecule is CC=C=Cc1c(C(=O)O)c(C)c(C(C)C2CCOCC2)n1C=CC. The molecule has 0 aromatic carbocycles. The molecular weight excluding hydrogens is 302 g/mol. The smallest absolute Gasteiger partial charge is 0.338 e. The summed E-state index contributed by atoms with van der Waals surface area (Å²) < 4.78 is 7.50. The topological polar surface area (TPSA) is 51.5 Å². The molecule has 2 heterocycles. The third-order valence-corrected chi connectivity index (χ3v) is 4.84. The van der Waals surface area contributed by atoms with Crippen molar-refractivity contribution in [3.8, 4) is 0 Å². The Kier molecular flexibility index (Phi) is 6.24. The van der Waals surface area contributed by atoms with Gasteiger partial charge in [-0.05, 0) is 51.2 Å². The normalized spacial score (nSPS) is 16.8. The quantitative estimate of drug-likeness (QED) is 0.796. The average molecular weight is 329 g/mol. The molecule has 1 saturated heterocycles. The van der Waals surface area contributed by atoms with Gasteiger partial charge in [-0.3, -0.25) is 0 Å². The second-order valence-electron chi connectivity index (χ2n) is 6.27. The number of carboxylic acid groups (broad SMARTS) is 1. The van der Waals surface area contributed by atoms with Crippen molar-refractivity contribution in [1.29, 1.82) is 0 Å². The van der Waals surface area contributed by atoms with E-state index in [9.17, 15) is 9.90 Å². The molecule has 0 amide bonds. The minimum absolute atomic E-state index is 0.274. The van der Waals surface area contributed by atoms with Crippen molar-refractivity contribution in [2.24, 2.45) is 5.92 Å². The Balaban J connectivity index is 2.64. The van der Waals surface area contributed by atoms with E-state index in [0.717, 1.165) is 37.3 Å². The Morgan fingerprint density at radius 1 is 1.38 bits per heavy atom. The summed E-state index contributed by atoms with van der Waals surface area (Å²) in [5.41, 5.74) is 6.02. The first-order valence-electron chi connectivity index (χ1n) is 8.58. The molecule has 1 N–H and O–H groups in total. The molecule has 24 heavy (non-hydrogen) atoms. The second-order valence-corrected chi connectivity index (χ2v) is 6.27. The Bertz CT molecular complexity index is 684. The van der Waals surface area contributed by atoms with Crippen LogP contribution >= 0.6 is 0 Å². The Morgan fingerprint density at radius 2 is 2.04 bits per heavy atom. The fourth-order valence-corrected chi connectivity index (χ4v) is 3.63. The summed E-state index contributed by atoms with van der Waals surface area (Å²) in [6.07, 6.45) is 9.48. The van der Waals surface area contributed by atoms with Crippen molar-refractivity contribution in [1.82, 2.24) is 4.57 Å². The first-order valence-corrected chi connectivity index (χ1v) is 8.58. The fourth-order valence-electron chi connectivity index (χ4n) is 3.63. The predicted molar refractivity (Wildman–Crippen MR) is 97.3 cm³/mol. The van der Waals surface area contributed by atoms with Crippen LogP contribution in [0.5, 0.6) is 0 Å². The molecule has 1 aromatic rings. The van der Waals surface area contributed by atoms with Crippen molar-refractivity contribution in [2.45, 2.75) is 46.5 Å². The highest BCUT2D eigenvalue weighted by molar-refractivity contribution is 5.94. The molecule has 1 aromatic heterocycles. The van der Waals surface area contributed by atoms with Gasteiger partial charge in [0.15, 0.2) is 0 Å². The summed E-state index contributed by atoms with van der Waals surface area (Å²) in [4.78, 5) is 11.9. The van der Waals surface area contributed by atoms with Gasteiger partial charge in [0.2, 0.25) is 0 Å². The third kappa shape index (κ3) is 3.55. The van der Waals surface area contributed by atoms with Crippen LogP contribution in [0.1, 0.15) is 66.8 Å². The number of aromatic nitrogens is 1. The molecule has 0 radical (unpaired) electrons. The van der Waals surface area contributed by atoms with Gasteiger partial charge < -0.3 is 14.4 Å². The lowest BCUT2D eigenvalue weighted by Gasteiger charge is -2.29. The van der Waals surface area contributed by atoms with E-state index in [1.54, 1.807) is 12.2 Å². The summed E-state index contributed by atoms with van der Waals surface area (Å²) in [7, 11) is 0. The van der Waals surface area contributed by atoms with Gasteiger partial charge in [-0.2, -0.15) is 0 Å². The third-order valence-electron chi connectivity index (χ3n) is 4.84. The highest BCUT2D eigenvalue weighted by Gasteiger charge is 2.30.